The second-order valence-electron chi connectivity index (χ2n) is 8.24. The van der Waals surface area contributed by atoms with E-state index in [2.05, 4.69) is 10.3 Å². The Kier molecular flexibility index (Phi) is 6.77. The van der Waals surface area contributed by atoms with Gasteiger partial charge in [-0.1, -0.05) is 12.1 Å². The molecule has 0 unspecified atom stereocenters. The van der Waals surface area contributed by atoms with E-state index in [4.69, 9.17) is 0 Å². The molecule has 0 spiro atoms. The molecule has 0 atom stereocenters. The molecule has 1 saturated heterocycles. The number of nitrogens with one attached hydrogen (secondary N) is 1. The van der Waals surface area contributed by atoms with Crippen molar-refractivity contribution in [2.75, 3.05) is 18.4 Å². The SMILES string of the molecule is Cc1cccc(C(=O)N2CCC(C(=O)c3cc(F)ccc3F)CC2)c1NC(=O)c1ccncc1. The van der Waals surface area contributed by atoms with Crippen molar-refractivity contribution in [3.8, 4) is 0 Å². The number of aromatic nitrogens is 1. The van der Waals surface area contributed by atoms with Crippen LogP contribution in [0.2, 0.25) is 0 Å². The van der Waals surface area contributed by atoms with E-state index < -0.39 is 23.3 Å². The zero-order chi connectivity index (χ0) is 24.2. The molecule has 8 heteroatoms. The third kappa shape index (κ3) is 4.85. The van der Waals surface area contributed by atoms with E-state index in [1.165, 1.54) is 12.4 Å². The zero-order valence-corrected chi connectivity index (χ0v) is 18.6. The third-order valence-corrected chi connectivity index (χ3v) is 6.03. The molecule has 0 saturated carbocycles. The molecule has 6 nitrogen and oxygen atoms in total. The number of amides is 2. The minimum atomic E-state index is -0.751. The van der Waals surface area contributed by atoms with Crippen LogP contribution in [0.15, 0.2) is 60.9 Å². The quantitative estimate of drug-likeness (QED) is 0.559. The van der Waals surface area contributed by atoms with E-state index in [1.807, 2.05) is 0 Å². The summed E-state index contributed by atoms with van der Waals surface area (Å²) in [5, 5.41) is 2.83. The Labute approximate surface area is 195 Å². The fourth-order valence-corrected chi connectivity index (χ4v) is 4.12. The smallest absolute Gasteiger partial charge is 0.255 e. The lowest BCUT2D eigenvalue weighted by Crippen LogP contribution is -2.40. The van der Waals surface area contributed by atoms with Gasteiger partial charge in [-0.25, -0.2) is 8.78 Å². The van der Waals surface area contributed by atoms with E-state index in [-0.39, 0.29) is 30.5 Å². The van der Waals surface area contributed by atoms with Gasteiger partial charge in [0.25, 0.3) is 11.8 Å². The number of rotatable bonds is 5. The van der Waals surface area contributed by atoms with Crippen LogP contribution in [0, 0.1) is 24.5 Å². The number of hydrogen-bond donors (Lipinski definition) is 1. The molecule has 1 aliphatic rings. The molecule has 1 N–H and O–H groups in total. The Morgan fingerprint density at radius 1 is 0.971 bits per heavy atom. The first-order valence-corrected chi connectivity index (χ1v) is 10.9. The normalized spacial score (nSPS) is 14.0. The minimum Gasteiger partial charge on any atom is -0.339 e. The number of aryl methyl sites for hydroxylation is 1. The van der Waals surface area contributed by atoms with Crippen LogP contribution in [0.3, 0.4) is 0 Å². The van der Waals surface area contributed by atoms with Gasteiger partial charge in [-0.05, 0) is 61.7 Å². The van der Waals surface area contributed by atoms with Gasteiger partial charge in [0, 0.05) is 37.0 Å². The maximum absolute atomic E-state index is 14.0. The largest absolute Gasteiger partial charge is 0.339 e. The van der Waals surface area contributed by atoms with E-state index in [0.717, 1.165) is 23.8 Å². The van der Waals surface area contributed by atoms with Crippen LogP contribution in [-0.2, 0) is 0 Å². The van der Waals surface area contributed by atoms with Crippen LogP contribution < -0.4 is 5.32 Å². The molecule has 1 aliphatic heterocycles. The van der Waals surface area contributed by atoms with E-state index >= 15 is 0 Å². The lowest BCUT2D eigenvalue weighted by atomic mass is 9.88. The molecule has 0 bridgehead atoms. The summed E-state index contributed by atoms with van der Waals surface area (Å²) >= 11 is 0. The van der Waals surface area contributed by atoms with Gasteiger partial charge in [-0.2, -0.15) is 0 Å². The van der Waals surface area contributed by atoms with Crippen molar-refractivity contribution in [2.45, 2.75) is 19.8 Å². The predicted molar refractivity (Wildman–Crippen MR) is 123 cm³/mol. The maximum atomic E-state index is 14.0. The molecule has 2 amide bonds. The third-order valence-electron chi connectivity index (χ3n) is 6.03. The second-order valence-corrected chi connectivity index (χ2v) is 8.24. The highest BCUT2D eigenvalue weighted by molar-refractivity contribution is 6.09. The number of halogens is 2. The van der Waals surface area contributed by atoms with Crippen LogP contribution >= 0.6 is 0 Å². The zero-order valence-electron chi connectivity index (χ0n) is 18.6. The lowest BCUT2D eigenvalue weighted by molar-refractivity contribution is 0.0649. The molecule has 174 valence electrons. The summed E-state index contributed by atoms with van der Waals surface area (Å²) in [6.45, 7) is 2.38. The summed E-state index contributed by atoms with van der Waals surface area (Å²) in [7, 11) is 0. The average Bonchev–Trinajstić information content (AvgIpc) is 2.86. The van der Waals surface area contributed by atoms with E-state index in [0.29, 0.717) is 29.7 Å². The Morgan fingerprint density at radius 3 is 2.38 bits per heavy atom. The number of hydrogen-bond acceptors (Lipinski definition) is 4. The maximum Gasteiger partial charge on any atom is 0.255 e. The van der Waals surface area contributed by atoms with Gasteiger partial charge in [-0.3, -0.25) is 19.4 Å². The molecule has 2 heterocycles. The van der Waals surface area contributed by atoms with Crippen LogP contribution in [0.5, 0.6) is 0 Å². The minimum absolute atomic E-state index is 0.260. The Bertz CT molecular complexity index is 1240. The fourth-order valence-electron chi connectivity index (χ4n) is 4.12. The van der Waals surface area contributed by atoms with Crippen molar-refractivity contribution in [1.82, 2.24) is 9.88 Å². The molecular weight excluding hydrogens is 440 g/mol. The Hall–Kier alpha value is -3.94. The van der Waals surface area contributed by atoms with E-state index in [9.17, 15) is 23.2 Å². The first-order valence-electron chi connectivity index (χ1n) is 10.9. The highest BCUT2D eigenvalue weighted by atomic mass is 19.1. The summed E-state index contributed by atoms with van der Waals surface area (Å²) in [5.41, 5.74) is 1.67. The van der Waals surface area contributed by atoms with Crippen molar-refractivity contribution < 1.29 is 23.2 Å². The number of piperidine rings is 1. The number of likely N-dealkylation sites (tertiary alicyclic amines) is 1. The van der Waals surface area contributed by atoms with Crippen LogP contribution in [0.25, 0.3) is 0 Å². The predicted octanol–water partition coefficient (Wildman–Crippen LogP) is 4.66. The van der Waals surface area contributed by atoms with Gasteiger partial charge in [0.2, 0.25) is 0 Å². The van der Waals surface area contributed by atoms with Gasteiger partial charge >= 0.3 is 0 Å². The van der Waals surface area contributed by atoms with Crippen molar-refractivity contribution in [3.63, 3.8) is 0 Å². The topological polar surface area (TPSA) is 79.4 Å². The van der Waals surface area contributed by atoms with Crippen LogP contribution in [0.1, 0.15) is 49.5 Å². The Morgan fingerprint density at radius 2 is 1.68 bits per heavy atom. The number of pyridine rings is 1. The number of benzene rings is 2. The van der Waals surface area contributed by atoms with Crippen LogP contribution in [0.4, 0.5) is 14.5 Å². The number of carbonyl (C=O) groups excluding carboxylic acids is 3. The monoisotopic (exact) mass is 463 g/mol. The van der Waals surface area contributed by atoms with Crippen molar-refractivity contribution in [1.29, 1.82) is 0 Å². The van der Waals surface area contributed by atoms with Gasteiger partial charge in [0.1, 0.15) is 11.6 Å². The molecule has 1 fully saturated rings. The summed E-state index contributed by atoms with van der Waals surface area (Å²) in [6, 6.07) is 11.2. The molecular formula is C26H23F2N3O3. The molecule has 0 radical (unpaired) electrons. The lowest BCUT2D eigenvalue weighted by Gasteiger charge is -2.32. The number of Topliss-reactive ketones (excluding diaryl/α,β-unsaturated/α-hetero) is 1. The fraction of sp³-hybridized carbons (Fsp3) is 0.231. The summed E-state index contributed by atoms with van der Waals surface area (Å²) < 4.78 is 27.5. The standard InChI is InChI=1S/C26H23F2N3O3/c1-16-3-2-4-20(23(16)30-25(33)18-7-11-29-12-8-18)26(34)31-13-9-17(10-14-31)24(32)21-15-19(27)5-6-22(21)28/h2-8,11-12,15,17H,9-10,13-14H2,1H3,(H,30,33). The summed E-state index contributed by atoms with van der Waals surface area (Å²) in [6.07, 6.45) is 3.70. The van der Waals surface area contributed by atoms with Gasteiger partial charge < -0.3 is 10.2 Å². The highest BCUT2D eigenvalue weighted by Crippen LogP contribution is 2.28. The first kappa shape index (κ1) is 23.2. The summed E-state index contributed by atoms with van der Waals surface area (Å²) in [5.74, 6) is -2.99. The van der Waals surface area contributed by atoms with Crippen molar-refractivity contribution in [3.05, 3.63) is 94.8 Å². The van der Waals surface area contributed by atoms with Crippen molar-refractivity contribution in [2.24, 2.45) is 5.92 Å². The molecule has 1 aromatic heterocycles. The highest BCUT2D eigenvalue weighted by Gasteiger charge is 2.31. The number of carbonyl (C=O) groups is 3. The van der Waals surface area contributed by atoms with Gasteiger partial charge in [-0.15, -0.1) is 0 Å². The number of ketones is 1. The molecule has 0 aliphatic carbocycles. The average molecular weight is 463 g/mol. The van der Waals surface area contributed by atoms with Gasteiger partial charge in [0.15, 0.2) is 5.78 Å². The summed E-state index contributed by atoms with van der Waals surface area (Å²) in [4.78, 5) is 44.2. The Balaban J connectivity index is 1.47. The number of anilines is 1. The number of nitrogens with zero attached hydrogens (tertiary/aromatic N) is 2. The molecule has 34 heavy (non-hydrogen) atoms. The van der Waals surface area contributed by atoms with Gasteiger partial charge in [0.05, 0.1) is 16.8 Å². The van der Waals surface area contributed by atoms with Crippen LogP contribution in [-0.4, -0.2) is 40.6 Å². The molecule has 4 rings (SSSR count). The van der Waals surface area contributed by atoms with Crippen molar-refractivity contribution >= 4 is 23.3 Å². The number of para-hydroxylation sites is 1. The first-order chi connectivity index (χ1) is 16.3. The van der Waals surface area contributed by atoms with E-state index in [1.54, 1.807) is 42.2 Å². The second kappa shape index (κ2) is 9.91. The molecule has 2 aromatic carbocycles. The molecule has 3 aromatic rings.